The average molecular weight is 634 g/mol. The van der Waals surface area contributed by atoms with Crippen molar-refractivity contribution in [2.45, 2.75) is 30.6 Å². The Bertz CT molecular complexity index is 1840. The number of nitrogens with one attached hydrogen (secondary N) is 1. The number of fused-ring (bicyclic) bond motifs is 1. The van der Waals surface area contributed by atoms with Crippen molar-refractivity contribution >= 4 is 44.1 Å². The number of carboxylic acid groups (broad SMARTS) is 1. The molecule has 0 spiro atoms. The molecule has 0 bridgehead atoms. The summed E-state index contributed by atoms with van der Waals surface area (Å²) in [5, 5.41) is 12.4. The molecule has 0 amide bonds. The van der Waals surface area contributed by atoms with Gasteiger partial charge in [-0.15, -0.1) is 0 Å². The first-order chi connectivity index (χ1) is 21.2. The molecular weight excluding hydrogens is 602 g/mol. The van der Waals surface area contributed by atoms with E-state index < -0.39 is 15.8 Å². The van der Waals surface area contributed by atoms with Crippen LogP contribution in [0.1, 0.15) is 25.7 Å². The number of carbonyl (C=O) groups is 1. The second-order valence-electron chi connectivity index (χ2n) is 10.1. The van der Waals surface area contributed by atoms with Gasteiger partial charge < -0.3 is 19.9 Å². The number of carboxylic acids is 1. The van der Waals surface area contributed by atoms with Crippen LogP contribution in [0.25, 0.3) is 28.1 Å². The lowest BCUT2D eigenvalue weighted by Crippen LogP contribution is -2.15. The van der Waals surface area contributed by atoms with Crippen LogP contribution in [0.15, 0.2) is 95.9 Å². The summed E-state index contributed by atoms with van der Waals surface area (Å²) in [6.45, 7) is 0.325. The van der Waals surface area contributed by atoms with E-state index in [0.717, 1.165) is 22.5 Å². The number of imidazole rings is 1. The van der Waals surface area contributed by atoms with Crippen LogP contribution in [0.4, 0.5) is 5.69 Å². The number of aromatic nitrogens is 2. The molecule has 0 radical (unpaired) electrons. The van der Waals surface area contributed by atoms with Crippen LogP contribution in [0.2, 0.25) is 5.02 Å². The van der Waals surface area contributed by atoms with Crippen LogP contribution in [0.5, 0.6) is 11.5 Å². The van der Waals surface area contributed by atoms with Gasteiger partial charge in [-0.25, -0.2) is 13.4 Å². The van der Waals surface area contributed by atoms with Crippen molar-refractivity contribution < 1.29 is 27.8 Å². The third-order valence-electron chi connectivity index (χ3n) is 7.04. The third kappa shape index (κ3) is 7.32. The molecule has 5 rings (SSSR count). The number of unbranched alkanes of at least 4 members (excludes halogenated alkanes) is 2. The third-order valence-corrected chi connectivity index (χ3v) is 8.80. The Morgan fingerprint density at radius 1 is 0.955 bits per heavy atom. The van der Waals surface area contributed by atoms with E-state index >= 15 is 0 Å². The van der Waals surface area contributed by atoms with Crippen LogP contribution in [-0.4, -0.2) is 48.6 Å². The maximum atomic E-state index is 13.1. The summed E-state index contributed by atoms with van der Waals surface area (Å²) in [5.41, 5.74) is 3.64. The maximum Gasteiger partial charge on any atom is 0.303 e. The van der Waals surface area contributed by atoms with Crippen LogP contribution in [0, 0.1) is 0 Å². The highest BCUT2D eigenvalue weighted by atomic mass is 35.5. The van der Waals surface area contributed by atoms with Gasteiger partial charge in [0.2, 0.25) is 0 Å². The summed E-state index contributed by atoms with van der Waals surface area (Å²) in [5.74, 6) is 0.679. The first kappa shape index (κ1) is 30.9. The number of hydrogen-bond donors (Lipinski definition) is 2. The molecule has 0 unspecified atom stereocenters. The predicted molar refractivity (Wildman–Crippen MR) is 172 cm³/mol. The largest absolute Gasteiger partial charge is 0.497 e. The van der Waals surface area contributed by atoms with Gasteiger partial charge in [-0.05, 0) is 73.9 Å². The second-order valence-corrected chi connectivity index (χ2v) is 12.5. The van der Waals surface area contributed by atoms with Gasteiger partial charge in [-0.3, -0.25) is 9.36 Å². The number of benzene rings is 4. The minimum absolute atomic E-state index is 0.102. The molecule has 0 fully saturated rings. The van der Waals surface area contributed by atoms with Crippen molar-refractivity contribution in [1.82, 2.24) is 9.55 Å². The smallest absolute Gasteiger partial charge is 0.303 e. The molecule has 0 saturated heterocycles. The molecule has 9 nitrogen and oxygen atoms in total. The number of nitrogens with zero attached hydrogens (tertiary/aromatic N) is 2. The number of aliphatic carboxylic acids is 1. The van der Waals surface area contributed by atoms with Gasteiger partial charge in [0.05, 0.1) is 35.3 Å². The second kappa shape index (κ2) is 13.8. The Labute approximate surface area is 261 Å². The molecule has 1 heterocycles. The van der Waals surface area contributed by atoms with Gasteiger partial charge in [-0.2, -0.15) is 0 Å². The van der Waals surface area contributed by atoms with Crippen molar-refractivity contribution in [3.05, 3.63) is 96.0 Å². The first-order valence-electron chi connectivity index (χ1n) is 14.1. The highest BCUT2D eigenvalue weighted by Gasteiger charge is 2.20. The molecule has 0 aliphatic heterocycles. The molecule has 0 aliphatic carbocycles. The molecule has 5 aromatic rings. The van der Waals surface area contributed by atoms with Crippen LogP contribution < -0.4 is 14.8 Å². The number of ether oxygens (including phenoxy) is 2. The molecule has 0 aliphatic rings. The number of halogens is 1. The van der Waals surface area contributed by atoms with Crippen LogP contribution >= 0.6 is 11.6 Å². The number of rotatable bonds is 14. The lowest BCUT2D eigenvalue weighted by molar-refractivity contribution is -0.137. The van der Waals surface area contributed by atoms with E-state index in [1.54, 1.807) is 13.2 Å². The predicted octanol–water partition coefficient (Wildman–Crippen LogP) is 7.22. The highest BCUT2D eigenvalue weighted by Crippen LogP contribution is 2.36. The van der Waals surface area contributed by atoms with E-state index in [4.69, 9.17) is 31.2 Å². The summed E-state index contributed by atoms with van der Waals surface area (Å²) in [4.78, 5) is 16.0. The number of hydrogen-bond acceptors (Lipinski definition) is 7. The zero-order valence-corrected chi connectivity index (χ0v) is 25.6. The monoisotopic (exact) mass is 633 g/mol. The SMILES string of the molecule is COc1ccc(-n2c(-c3ccccc3)nc3cc(NCS(=O)(=O)c4ccc(Cl)cc4)c(OCCCCCC(=O)O)cc32)cc1. The lowest BCUT2D eigenvalue weighted by Gasteiger charge is -2.15. The minimum Gasteiger partial charge on any atom is -0.497 e. The van der Waals surface area contributed by atoms with Crippen molar-refractivity contribution in [3.63, 3.8) is 0 Å². The molecule has 4 aromatic carbocycles. The molecule has 228 valence electrons. The number of anilines is 1. The summed E-state index contributed by atoms with van der Waals surface area (Å²) in [7, 11) is -2.08. The van der Waals surface area contributed by atoms with E-state index in [9.17, 15) is 13.2 Å². The Morgan fingerprint density at radius 3 is 2.36 bits per heavy atom. The quantitative estimate of drug-likeness (QED) is 0.123. The van der Waals surface area contributed by atoms with Gasteiger partial charge in [0, 0.05) is 28.8 Å². The summed E-state index contributed by atoms with van der Waals surface area (Å²) < 4.78 is 39.9. The number of sulfone groups is 1. The fraction of sp³-hybridized carbons (Fsp3) is 0.212. The Kier molecular flexibility index (Phi) is 9.72. The standard InChI is InChI=1S/C33H32ClN3O6S/c1-42-26-15-13-25(14-16-26)37-30-21-31(43-19-7-3-6-10-32(38)39)29(20-28(30)36-33(37)23-8-4-2-5-9-23)35-22-44(40,41)27-17-11-24(34)12-18-27/h2,4-5,8-9,11-18,20-21,35H,3,6-7,10,19,22H2,1H3,(H,38,39). The molecular formula is C33H32ClN3O6S. The molecule has 2 N–H and O–H groups in total. The van der Waals surface area contributed by atoms with Crippen molar-refractivity contribution in [2.24, 2.45) is 0 Å². The zero-order valence-electron chi connectivity index (χ0n) is 24.1. The van der Waals surface area contributed by atoms with Gasteiger partial charge in [0.25, 0.3) is 0 Å². The minimum atomic E-state index is -3.70. The van der Waals surface area contributed by atoms with Gasteiger partial charge >= 0.3 is 5.97 Å². The van der Waals surface area contributed by atoms with E-state index in [0.29, 0.717) is 53.7 Å². The van der Waals surface area contributed by atoms with Crippen molar-refractivity contribution in [2.75, 3.05) is 24.9 Å². The maximum absolute atomic E-state index is 13.1. The normalized spacial score (nSPS) is 11.4. The van der Waals surface area contributed by atoms with Gasteiger partial charge in [0.15, 0.2) is 9.84 Å². The van der Waals surface area contributed by atoms with E-state index in [1.807, 2.05) is 65.2 Å². The molecule has 11 heteroatoms. The van der Waals surface area contributed by atoms with Crippen LogP contribution in [-0.2, 0) is 14.6 Å². The van der Waals surface area contributed by atoms with E-state index in [2.05, 4.69) is 5.32 Å². The fourth-order valence-electron chi connectivity index (χ4n) is 4.77. The van der Waals surface area contributed by atoms with Gasteiger partial charge in [-0.1, -0.05) is 41.9 Å². The molecule has 1 aromatic heterocycles. The van der Waals surface area contributed by atoms with Crippen LogP contribution in [0.3, 0.4) is 0 Å². The number of methoxy groups -OCH3 is 1. The Balaban J connectivity index is 1.54. The van der Waals surface area contributed by atoms with Crippen molar-refractivity contribution in [3.8, 4) is 28.6 Å². The highest BCUT2D eigenvalue weighted by molar-refractivity contribution is 7.91. The van der Waals surface area contributed by atoms with Gasteiger partial charge in [0.1, 0.15) is 23.2 Å². The molecule has 44 heavy (non-hydrogen) atoms. The van der Waals surface area contributed by atoms with E-state index in [1.165, 1.54) is 24.3 Å². The Morgan fingerprint density at radius 2 is 1.68 bits per heavy atom. The molecule has 0 saturated carbocycles. The summed E-state index contributed by atoms with van der Waals surface area (Å²) >= 11 is 5.95. The molecule has 0 atom stereocenters. The first-order valence-corrected chi connectivity index (χ1v) is 16.1. The fourth-order valence-corrected chi connectivity index (χ4v) is 5.96. The summed E-state index contributed by atoms with van der Waals surface area (Å²) in [6.07, 6.45) is 1.97. The average Bonchev–Trinajstić information content (AvgIpc) is 3.40. The zero-order chi connectivity index (χ0) is 31.1. The Hall–Kier alpha value is -4.54. The summed E-state index contributed by atoms with van der Waals surface area (Å²) in [6, 6.07) is 27.1. The topological polar surface area (TPSA) is 120 Å². The lowest BCUT2D eigenvalue weighted by atomic mass is 10.2. The van der Waals surface area contributed by atoms with E-state index in [-0.39, 0.29) is 17.2 Å². The van der Waals surface area contributed by atoms with Crippen molar-refractivity contribution in [1.29, 1.82) is 0 Å².